The number of fused-ring (bicyclic) bond motifs is 9. The molecule has 5 heteroatoms. The molecule has 0 fully saturated rings. The molecule has 1 aliphatic rings. The first-order valence-corrected chi connectivity index (χ1v) is 18.0. The Balaban J connectivity index is 1.14. The minimum atomic E-state index is 0.677. The predicted molar refractivity (Wildman–Crippen MR) is 219 cm³/mol. The SMILES string of the molecule is C1=C(c2cc(-c3ccccc3)c3oc4cc5c(cc4c3c2)oc2ccccc25)/N=C(c2ccccc2)\N=C(\n2c3ccccc3c3ccccc32)CC\1. The van der Waals surface area contributed by atoms with Crippen LogP contribution in [0.2, 0.25) is 0 Å². The Kier molecular flexibility index (Phi) is 6.61. The average molecular weight is 682 g/mol. The summed E-state index contributed by atoms with van der Waals surface area (Å²) in [6, 6.07) is 54.8. The quantitative estimate of drug-likeness (QED) is 0.186. The van der Waals surface area contributed by atoms with Crippen LogP contribution in [0.4, 0.5) is 0 Å². The van der Waals surface area contributed by atoms with Crippen molar-refractivity contribution in [1.29, 1.82) is 0 Å². The van der Waals surface area contributed by atoms with Gasteiger partial charge in [0.15, 0.2) is 5.84 Å². The molecule has 0 amide bonds. The molecule has 53 heavy (non-hydrogen) atoms. The number of allylic oxidation sites excluding steroid dienone is 1. The van der Waals surface area contributed by atoms with Crippen LogP contribution < -0.4 is 0 Å². The lowest BCUT2D eigenvalue weighted by Crippen LogP contribution is -2.16. The molecule has 0 saturated heterocycles. The van der Waals surface area contributed by atoms with Gasteiger partial charge in [-0.05, 0) is 54.4 Å². The molecular weight excluding hydrogens is 651 g/mol. The minimum Gasteiger partial charge on any atom is -0.456 e. The highest BCUT2D eigenvalue weighted by molar-refractivity contribution is 6.19. The molecule has 1 aliphatic heterocycles. The van der Waals surface area contributed by atoms with Crippen molar-refractivity contribution in [2.75, 3.05) is 0 Å². The van der Waals surface area contributed by atoms with E-state index in [0.29, 0.717) is 5.84 Å². The van der Waals surface area contributed by atoms with Crippen molar-refractivity contribution in [2.24, 2.45) is 9.98 Å². The van der Waals surface area contributed by atoms with Crippen LogP contribution in [0.3, 0.4) is 0 Å². The maximum atomic E-state index is 6.75. The van der Waals surface area contributed by atoms with Crippen LogP contribution in [-0.2, 0) is 0 Å². The fraction of sp³-hybridized carbons (Fsp3) is 0.0417. The summed E-state index contributed by atoms with van der Waals surface area (Å²) in [6.07, 6.45) is 3.77. The zero-order valence-electron chi connectivity index (χ0n) is 28.7. The zero-order valence-corrected chi connectivity index (χ0v) is 28.7. The number of nitrogens with zero attached hydrogens (tertiary/aromatic N) is 3. The minimum absolute atomic E-state index is 0.677. The Morgan fingerprint density at radius 2 is 1.06 bits per heavy atom. The van der Waals surface area contributed by atoms with E-state index in [-0.39, 0.29) is 0 Å². The van der Waals surface area contributed by atoms with E-state index in [1.54, 1.807) is 0 Å². The average Bonchev–Trinajstić information content (AvgIpc) is 3.86. The monoisotopic (exact) mass is 681 g/mol. The van der Waals surface area contributed by atoms with E-state index in [4.69, 9.17) is 18.8 Å². The van der Waals surface area contributed by atoms with Crippen molar-refractivity contribution >= 4 is 83.1 Å². The normalized spacial score (nSPS) is 16.8. The first-order chi connectivity index (χ1) is 26.3. The fourth-order valence-electron chi connectivity index (χ4n) is 8.04. The van der Waals surface area contributed by atoms with Crippen LogP contribution in [0.5, 0.6) is 0 Å². The summed E-state index contributed by atoms with van der Waals surface area (Å²) in [5, 5.41) is 6.60. The molecule has 0 aliphatic carbocycles. The van der Waals surface area contributed by atoms with E-state index in [9.17, 15) is 0 Å². The third-order valence-electron chi connectivity index (χ3n) is 10.5. The van der Waals surface area contributed by atoms with E-state index in [0.717, 1.165) is 102 Å². The van der Waals surface area contributed by atoms with Gasteiger partial charge in [0.1, 0.15) is 28.2 Å². The van der Waals surface area contributed by atoms with E-state index in [1.807, 2.05) is 42.5 Å². The molecular formula is C48H31N3O2. The summed E-state index contributed by atoms with van der Waals surface area (Å²) >= 11 is 0. The van der Waals surface area contributed by atoms with Crippen LogP contribution >= 0.6 is 0 Å². The second kappa shape index (κ2) is 11.8. The number of aliphatic imine (C=N–C) groups is 2. The Morgan fingerprint density at radius 1 is 0.453 bits per heavy atom. The fourth-order valence-corrected chi connectivity index (χ4v) is 8.04. The number of furan rings is 2. The molecule has 250 valence electrons. The van der Waals surface area contributed by atoms with Gasteiger partial charge in [-0.15, -0.1) is 0 Å². The van der Waals surface area contributed by atoms with Gasteiger partial charge in [-0.2, -0.15) is 0 Å². The molecule has 4 heterocycles. The van der Waals surface area contributed by atoms with E-state index in [2.05, 4.69) is 126 Å². The van der Waals surface area contributed by atoms with Gasteiger partial charge in [-0.3, -0.25) is 4.57 Å². The molecule has 0 N–H and O–H groups in total. The van der Waals surface area contributed by atoms with Gasteiger partial charge >= 0.3 is 0 Å². The van der Waals surface area contributed by atoms with Gasteiger partial charge in [0, 0.05) is 55.4 Å². The molecule has 0 saturated carbocycles. The van der Waals surface area contributed by atoms with E-state index >= 15 is 0 Å². The van der Waals surface area contributed by atoms with Gasteiger partial charge in [-0.1, -0.05) is 121 Å². The molecule has 0 bridgehead atoms. The number of rotatable bonds is 3. The molecule has 0 radical (unpaired) electrons. The second-order valence-electron chi connectivity index (χ2n) is 13.6. The van der Waals surface area contributed by atoms with Crippen molar-refractivity contribution in [1.82, 2.24) is 4.57 Å². The zero-order chi connectivity index (χ0) is 34.9. The smallest absolute Gasteiger partial charge is 0.161 e. The Hall–Kier alpha value is -6.98. The van der Waals surface area contributed by atoms with Crippen molar-refractivity contribution < 1.29 is 8.83 Å². The summed E-state index contributed by atoms with van der Waals surface area (Å²) < 4.78 is 15.4. The topological polar surface area (TPSA) is 55.9 Å². The first-order valence-electron chi connectivity index (χ1n) is 18.0. The van der Waals surface area contributed by atoms with Crippen LogP contribution in [0.25, 0.3) is 82.5 Å². The molecule has 7 aromatic carbocycles. The van der Waals surface area contributed by atoms with E-state index in [1.165, 1.54) is 10.8 Å². The predicted octanol–water partition coefficient (Wildman–Crippen LogP) is 12.8. The highest BCUT2D eigenvalue weighted by atomic mass is 16.3. The van der Waals surface area contributed by atoms with Crippen LogP contribution in [0.15, 0.2) is 183 Å². The summed E-state index contributed by atoms with van der Waals surface area (Å²) in [5.74, 6) is 1.65. The van der Waals surface area contributed by atoms with Crippen molar-refractivity contribution in [3.63, 3.8) is 0 Å². The standard InChI is InChI=1S/C48H31N3O2/c1-3-14-30(15-4-1)36-26-32(27-39-38-29-44-37(28-45(38)53-47(36)39)35-20-9-12-24-43(35)52-44)40-21-13-25-46(50-48(49-40)31-16-5-2-6-17-31)51-41-22-10-7-18-33(41)34-19-8-11-23-42(34)51/h1-12,14-24,26-29H,13,25H2/b40-21-,49-48-,50-46+. The van der Waals surface area contributed by atoms with Gasteiger partial charge < -0.3 is 8.83 Å². The van der Waals surface area contributed by atoms with Gasteiger partial charge in [0.25, 0.3) is 0 Å². The Bertz CT molecular complexity index is 3100. The number of aromatic nitrogens is 1. The molecule has 11 rings (SSSR count). The van der Waals surface area contributed by atoms with Crippen LogP contribution in [0, 0.1) is 0 Å². The molecule has 0 atom stereocenters. The lowest BCUT2D eigenvalue weighted by molar-refractivity contribution is 0.664. The first kappa shape index (κ1) is 29.7. The molecule has 0 unspecified atom stereocenters. The number of para-hydroxylation sites is 3. The van der Waals surface area contributed by atoms with Gasteiger partial charge in [0.2, 0.25) is 0 Å². The summed E-state index contributed by atoms with van der Waals surface area (Å²) in [6.45, 7) is 0. The largest absolute Gasteiger partial charge is 0.456 e. The maximum absolute atomic E-state index is 6.75. The summed E-state index contributed by atoms with van der Waals surface area (Å²) in [7, 11) is 0. The number of hydrogen-bond donors (Lipinski definition) is 0. The maximum Gasteiger partial charge on any atom is 0.161 e. The third-order valence-corrected chi connectivity index (χ3v) is 10.5. The lowest BCUT2D eigenvalue weighted by Gasteiger charge is -2.16. The van der Waals surface area contributed by atoms with Crippen LogP contribution in [-0.4, -0.2) is 16.2 Å². The Labute approximate surface area is 304 Å². The van der Waals surface area contributed by atoms with Crippen molar-refractivity contribution in [2.45, 2.75) is 12.8 Å². The molecule has 10 aromatic rings. The number of hydrogen-bond acceptors (Lipinski definition) is 4. The lowest BCUT2D eigenvalue weighted by atomic mass is 9.97. The summed E-state index contributed by atoms with van der Waals surface area (Å²) in [5.41, 5.74) is 10.6. The van der Waals surface area contributed by atoms with E-state index < -0.39 is 0 Å². The van der Waals surface area contributed by atoms with Crippen molar-refractivity contribution in [3.05, 3.63) is 175 Å². The number of benzene rings is 7. The van der Waals surface area contributed by atoms with Gasteiger partial charge in [-0.25, -0.2) is 9.98 Å². The second-order valence-corrected chi connectivity index (χ2v) is 13.6. The molecule has 5 nitrogen and oxygen atoms in total. The third kappa shape index (κ3) is 4.78. The Morgan fingerprint density at radius 3 is 1.79 bits per heavy atom. The highest BCUT2D eigenvalue weighted by Gasteiger charge is 2.21. The molecule has 0 spiro atoms. The summed E-state index contributed by atoms with van der Waals surface area (Å²) in [4.78, 5) is 10.8. The van der Waals surface area contributed by atoms with Crippen molar-refractivity contribution in [3.8, 4) is 11.1 Å². The number of amidine groups is 1. The molecule has 3 aromatic heterocycles. The van der Waals surface area contributed by atoms with Gasteiger partial charge in [0.05, 0.1) is 16.7 Å². The van der Waals surface area contributed by atoms with Crippen LogP contribution in [0.1, 0.15) is 24.0 Å². The highest BCUT2D eigenvalue weighted by Crippen LogP contribution is 2.42.